The molecule has 1 atom stereocenters. The van der Waals surface area contributed by atoms with E-state index >= 15 is 0 Å². The van der Waals surface area contributed by atoms with E-state index < -0.39 is 0 Å². The maximum atomic E-state index is 12.9. The van der Waals surface area contributed by atoms with Gasteiger partial charge in [-0.1, -0.05) is 84.6 Å². The third kappa shape index (κ3) is 5.81. The van der Waals surface area contributed by atoms with Crippen molar-refractivity contribution in [1.82, 2.24) is 20.1 Å². The fraction of sp³-hybridized carbons (Fsp3) is 0.192. The molecular weight excluding hydrogens is 432 g/mol. The minimum absolute atomic E-state index is 0.0456. The lowest BCUT2D eigenvalue weighted by Gasteiger charge is -2.19. The Morgan fingerprint density at radius 1 is 1.00 bits per heavy atom. The van der Waals surface area contributed by atoms with Crippen molar-refractivity contribution in [2.75, 3.05) is 12.9 Å². The Balaban J connectivity index is 1.43. The molecule has 0 saturated heterocycles. The van der Waals surface area contributed by atoms with Crippen molar-refractivity contribution in [3.8, 4) is 17.1 Å². The van der Waals surface area contributed by atoms with Gasteiger partial charge in [0.1, 0.15) is 5.75 Å². The zero-order valence-electron chi connectivity index (χ0n) is 18.6. The number of nitrogens with one attached hydrogen (secondary N) is 1. The van der Waals surface area contributed by atoms with Crippen LogP contribution >= 0.6 is 11.8 Å². The zero-order valence-corrected chi connectivity index (χ0v) is 19.5. The first-order chi connectivity index (χ1) is 16.1. The summed E-state index contributed by atoms with van der Waals surface area (Å²) in [5.74, 6) is 1.69. The summed E-state index contributed by atoms with van der Waals surface area (Å²) in [6.45, 7) is 0. The minimum atomic E-state index is -0.103. The smallest absolute Gasteiger partial charge is 0.230 e. The molecular formula is C26H26N4O2S. The van der Waals surface area contributed by atoms with E-state index in [4.69, 9.17) is 4.74 Å². The van der Waals surface area contributed by atoms with E-state index in [1.807, 2.05) is 84.4 Å². The van der Waals surface area contributed by atoms with Crippen LogP contribution in [0.15, 0.2) is 90.1 Å². The standard InChI is InChI=1S/C26H26N4O2S/c1-30-25(21-14-9-15-22(17-21)32-2)28-29-26(30)33-18-24(31)27-23(20-12-7-4-8-13-20)16-19-10-5-3-6-11-19/h3-15,17,23H,16,18H2,1-2H3,(H,27,31)/t23-/m0/s1. The number of amides is 1. The predicted molar refractivity (Wildman–Crippen MR) is 131 cm³/mol. The Kier molecular flexibility index (Phi) is 7.42. The van der Waals surface area contributed by atoms with Gasteiger partial charge < -0.3 is 14.6 Å². The Morgan fingerprint density at radius 2 is 1.73 bits per heavy atom. The van der Waals surface area contributed by atoms with Crippen molar-refractivity contribution in [3.63, 3.8) is 0 Å². The molecule has 0 bridgehead atoms. The average Bonchev–Trinajstić information content (AvgIpc) is 3.23. The maximum Gasteiger partial charge on any atom is 0.230 e. The molecule has 0 aliphatic rings. The van der Waals surface area contributed by atoms with Crippen LogP contribution in [0.3, 0.4) is 0 Å². The van der Waals surface area contributed by atoms with Gasteiger partial charge in [-0.25, -0.2) is 0 Å². The van der Waals surface area contributed by atoms with Gasteiger partial charge in [0, 0.05) is 12.6 Å². The summed E-state index contributed by atoms with van der Waals surface area (Å²) < 4.78 is 7.20. The Bertz CT molecular complexity index is 1200. The number of carbonyl (C=O) groups excluding carboxylic acids is 1. The Hall–Kier alpha value is -3.58. The molecule has 0 saturated carbocycles. The second kappa shape index (κ2) is 10.8. The number of methoxy groups -OCH3 is 1. The summed E-state index contributed by atoms with van der Waals surface area (Å²) in [6, 6.07) is 27.8. The summed E-state index contributed by atoms with van der Waals surface area (Å²) >= 11 is 1.37. The molecule has 0 aliphatic carbocycles. The second-order valence-corrected chi connectivity index (χ2v) is 8.55. The number of rotatable bonds is 9. The molecule has 1 N–H and O–H groups in total. The van der Waals surface area contributed by atoms with E-state index in [1.54, 1.807) is 7.11 Å². The molecule has 0 radical (unpaired) electrons. The molecule has 4 rings (SSSR count). The van der Waals surface area contributed by atoms with Gasteiger partial charge in [-0.05, 0) is 29.7 Å². The summed E-state index contributed by atoms with van der Waals surface area (Å²) in [4.78, 5) is 12.9. The van der Waals surface area contributed by atoms with Crippen molar-refractivity contribution >= 4 is 17.7 Å². The zero-order chi connectivity index (χ0) is 23.0. The second-order valence-electron chi connectivity index (χ2n) is 7.61. The maximum absolute atomic E-state index is 12.9. The van der Waals surface area contributed by atoms with Gasteiger partial charge in [0.25, 0.3) is 0 Å². The number of hydrogen-bond donors (Lipinski definition) is 1. The van der Waals surface area contributed by atoms with E-state index in [2.05, 4.69) is 27.6 Å². The fourth-order valence-electron chi connectivity index (χ4n) is 3.61. The molecule has 33 heavy (non-hydrogen) atoms. The van der Waals surface area contributed by atoms with Crippen molar-refractivity contribution in [2.45, 2.75) is 17.6 Å². The molecule has 3 aromatic carbocycles. The molecule has 1 aromatic heterocycles. The third-order valence-electron chi connectivity index (χ3n) is 5.32. The lowest BCUT2D eigenvalue weighted by Crippen LogP contribution is -2.31. The van der Waals surface area contributed by atoms with Crippen LogP contribution in [0.4, 0.5) is 0 Å². The fourth-order valence-corrected chi connectivity index (χ4v) is 4.33. The first-order valence-electron chi connectivity index (χ1n) is 10.7. The third-order valence-corrected chi connectivity index (χ3v) is 6.34. The molecule has 7 heteroatoms. The summed E-state index contributed by atoms with van der Waals surface area (Å²) in [5.41, 5.74) is 3.17. The highest BCUT2D eigenvalue weighted by Crippen LogP contribution is 2.26. The number of thioether (sulfide) groups is 1. The van der Waals surface area contributed by atoms with E-state index in [1.165, 1.54) is 17.3 Å². The largest absolute Gasteiger partial charge is 0.497 e. The van der Waals surface area contributed by atoms with Gasteiger partial charge >= 0.3 is 0 Å². The number of carbonyl (C=O) groups is 1. The van der Waals surface area contributed by atoms with Gasteiger partial charge in [0.2, 0.25) is 5.91 Å². The monoisotopic (exact) mass is 458 g/mol. The van der Waals surface area contributed by atoms with Crippen molar-refractivity contribution < 1.29 is 9.53 Å². The molecule has 1 heterocycles. The SMILES string of the molecule is COc1cccc(-c2nnc(SCC(=O)N[C@@H](Cc3ccccc3)c3ccccc3)n2C)c1. The number of benzene rings is 3. The van der Waals surface area contributed by atoms with Crippen LogP contribution in [0, 0.1) is 0 Å². The Labute approximate surface area is 198 Å². The summed E-state index contributed by atoms with van der Waals surface area (Å²) in [5, 5.41) is 12.5. The lowest BCUT2D eigenvalue weighted by molar-refractivity contribution is -0.119. The molecule has 0 fully saturated rings. The van der Waals surface area contributed by atoms with Crippen LogP contribution in [0.2, 0.25) is 0 Å². The molecule has 168 valence electrons. The molecule has 1 amide bonds. The van der Waals surface area contributed by atoms with Crippen LogP contribution in [0.25, 0.3) is 11.4 Å². The normalized spacial score (nSPS) is 11.7. The highest BCUT2D eigenvalue weighted by atomic mass is 32.2. The quantitative estimate of drug-likeness (QED) is 0.369. The number of aromatic nitrogens is 3. The number of ether oxygens (including phenoxy) is 1. The summed E-state index contributed by atoms with van der Waals surface area (Å²) in [6.07, 6.45) is 0.727. The van der Waals surface area contributed by atoms with Crippen LogP contribution in [0.1, 0.15) is 17.2 Å². The number of hydrogen-bond acceptors (Lipinski definition) is 5. The van der Waals surface area contributed by atoms with Crippen LogP contribution in [0.5, 0.6) is 5.75 Å². The minimum Gasteiger partial charge on any atom is -0.497 e. The van der Waals surface area contributed by atoms with Crippen LogP contribution in [-0.4, -0.2) is 33.5 Å². The van der Waals surface area contributed by atoms with Crippen LogP contribution < -0.4 is 10.1 Å². The van der Waals surface area contributed by atoms with E-state index in [0.717, 1.165) is 29.1 Å². The van der Waals surface area contributed by atoms with Gasteiger partial charge in [-0.15, -0.1) is 10.2 Å². The van der Waals surface area contributed by atoms with Crippen LogP contribution in [-0.2, 0) is 18.3 Å². The molecule has 0 unspecified atom stereocenters. The van der Waals surface area contributed by atoms with Gasteiger partial charge in [0.05, 0.1) is 18.9 Å². The molecule has 4 aromatic rings. The predicted octanol–water partition coefficient (Wildman–Crippen LogP) is 4.68. The molecule has 0 aliphatic heterocycles. The van der Waals surface area contributed by atoms with Gasteiger partial charge in [-0.2, -0.15) is 0 Å². The van der Waals surface area contributed by atoms with E-state index in [0.29, 0.717) is 5.16 Å². The average molecular weight is 459 g/mol. The topological polar surface area (TPSA) is 69.0 Å². The highest BCUT2D eigenvalue weighted by molar-refractivity contribution is 7.99. The molecule has 6 nitrogen and oxygen atoms in total. The first-order valence-corrected chi connectivity index (χ1v) is 11.7. The van der Waals surface area contributed by atoms with Crippen molar-refractivity contribution in [3.05, 3.63) is 96.1 Å². The van der Waals surface area contributed by atoms with E-state index in [-0.39, 0.29) is 17.7 Å². The van der Waals surface area contributed by atoms with Gasteiger partial charge in [-0.3, -0.25) is 4.79 Å². The number of nitrogens with zero attached hydrogens (tertiary/aromatic N) is 3. The summed E-state index contributed by atoms with van der Waals surface area (Å²) in [7, 11) is 3.54. The molecule has 0 spiro atoms. The lowest BCUT2D eigenvalue weighted by atomic mass is 9.99. The van der Waals surface area contributed by atoms with Crippen molar-refractivity contribution in [1.29, 1.82) is 0 Å². The highest BCUT2D eigenvalue weighted by Gasteiger charge is 2.17. The van der Waals surface area contributed by atoms with Crippen molar-refractivity contribution in [2.24, 2.45) is 7.05 Å². The first kappa shape index (κ1) is 22.6. The Morgan fingerprint density at radius 3 is 2.45 bits per heavy atom. The van der Waals surface area contributed by atoms with E-state index in [9.17, 15) is 4.79 Å². The van der Waals surface area contributed by atoms with Gasteiger partial charge in [0.15, 0.2) is 11.0 Å².